The van der Waals surface area contributed by atoms with Gasteiger partial charge in [-0.2, -0.15) is 0 Å². The van der Waals surface area contributed by atoms with Gasteiger partial charge in [0.25, 0.3) is 0 Å². The number of sulfone groups is 1. The second-order valence-electron chi connectivity index (χ2n) is 11.2. The van der Waals surface area contributed by atoms with Gasteiger partial charge in [-0.15, -0.1) is 0 Å². The van der Waals surface area contributed by atoms with E-state index in [0.717, 1.165) is 36.6 Å². The second kappa shape index (κ2) is 10.3. The average molecular weight is 529 g/mol. The first-order valence-electron chi connectivity index (χ1n) is 14.0. The third-order valence-electron chi connectivity index (χ3n) is 8.54. The molecule has 0 radical (unpaired) electrons. The van der Waals surface area contributed by atoms with E-state index in [1.807, 2.05) is 30.3 Å². The predicted molar refractivity (Wildman–Crippen MR) is 152 cm³/mol. The van der Waals surface area contributed by atoms with Crippen molar-refractivity contribution >= 4 is 26.5 Å². The Balaban J connectivity index is 1.14. The zero-order chi connectivity index (χ0) is 26.2. The van der Waals surface area contributed by atoms with Crippen LogP contribution >= 0.6 is 0 Å². The smallest absolute Gasteiger partial charge is 0.244 e. The lowest BCUT2D eigenvalue weighted by Gasteiger charge is -2.29. The summed E-state index contributed by atoms with van der Waals surface area (Å²) in [4.78, 5) is 15.8. The number of carbonyl (C=O) groups is 1. The molecule has 1 unspecified atom stereocenters. The van der Waals surface area contributed by atoms with E-state index in [1.54, 1.807) is 18.2 Å². The van der Waals surface area contributed by atoms with Crippen LogP contribution in [0.15, 0.2) is 77.7 Å². The minimum atomic E-state index is -3.58. The zero-order valence-corrected chi connectivity index (χ0v) is 22.7. The predicted octanol–water partition coefficient (Wildman–Crippen LogP) is 5.88. The molecule has 2 aliphatic carbocycles. The Morgan fingerprint density at radius 2 is 1.74 bits per heavy atom. The lowest BCUT2D eigenvalue weighted by atomic mass is 9.86. The molecule has 38 heavy (non-hydrogen) atoms. The van der Waals surface area contributed by atoms with Gasteiger partial charge in [0.1, 0.15) is 0 Å². The summed E-state index contributed by atoms with van der Waals surface area (Å²) in [5.41, 5.74) is 3.88. The van der Waals surface area contributed by atoms with Crippen molar-refractivity contribution in [2.45, 2.75) is 73.6 Å². The molecule has 2 fully saturated rings. The van der Waals surface area contributed by atoms with Gasteiger partial charge in [0.15, 0.2) is 9.84 Å². The molecule has 1 aliphatic heterocycles. The standard InChI is InChI=1S/C32H36N2O3S/c35-31(15-16-32(17-18-32)38(36,37)28-13-12-25-7-2-3-8-26(25)22-28)33-30-10-6-9-27-21-24(11-14-29(27)30)23-34-19-4-1-5-20-34/h2-3,7-8,11-16,21-22,30H,1,4-6,9-10,17-20,23H2,(H,33,35). The van der Waals surface area contributed by atoms with Crippen LogP contribution in [0.1, 0.15) is 67.7 Å². The molecule has 3 aromatic rings. The number of benzene rings is 3. The zero-order valence-electron chi connectivity index (χ0n) is 21.9. The minimum absolute atomic E-state index is 0.0350. The van der Waals surface area contributed by atoms with Crippen LogP contribution in [0.25, 0.3) is 10.8 Å². The molecule has 0 bridgehead atoms. The van der Waals surface area contributed by atoms with E-state index in [0.29, 0.717) is 17.7 Å². The quantitative estimate of drug-likeness (QED) is 0.389. The Morgan fingerprint density at radius 1 is 0.947 bits per heavy atom. The first-order valence-corrected chi connectivity index (χ1v) is 15.5. The van der Waals surface area contributed by atoms with Gasteiger partial charge in [0.2, 0.25) is 5.91 Å². The van der Waals surface area contributed by atoms with Crippen molar-refractivity contribution in [1.82, 2.24) is 10.2 Å². The summed E-state index contributed by atoms with van der Waals surface area (Å²) in [6.45, 7) is 3.36. The van der Waals surface area contributed by atoms with E-state index < -0.39 is 14.6 Å². The van der Waals surface area contributed by atoms with Gasteiger partial charge in [0.05, 0.1) is 15.7 Å². The number of piperidine rings is 1. The first-order chi connectivity index (χ1) is 18.4. The molecular weight excluding hydrogens is 492 g/mol. The SMILES string of the molecule is O=C(C=CC1(S(=O)(=O)c2ccc3ccccc3c2)CC1)NC1CCCc2cc(CN3CCCCC3)ccc21. The lowest BCUT2D eigenvalue weighted by Crippen LogP contribution is -2.31. The number of nitrogens with one attached hydrogen (secondary N) is 1. The second-order valence-corrected chi connectivity index (χ2v) is 13.5. The summed E-state index contributed by atoms with van der Waals surface area (Å²) in [6.07, 6.45) is 11.0. The summed E-state index contributed by atoms with van der Waals surface area (Å²) < 4.78 is 26.0. The molecule has 1 amide bonds. The van der Waals surface area contributed by atoms with Gasteiger partial charge in [-0.3, -0.25) is 9.69 Å². The van der Waals surface area contributed by atoms with E-state index in [4.69, 9.17) is 0 Å². The molecule has 1 heterocycles. The fourth-order valence-corrected chi connectivity index (χ4v) is 8.04. The maximum Gasteiger partial charge on any atom is 0.244 e. The fourth-order valence-electron chi connectivity index (χ4n) is 6.16. The normalized spacial score (nSPS) is 21.3. The van der Waals surface area contributed by atoms with Crippen molar-refractivity contribution in [1.29, 1.82) is 0 Å². The van der Waals surface area contributed by atoms with Gasteiger partial charge in [-0.05, 0) is 97.6 Å². The van der Waals surface area contributed by atoms with E-state index in [1.165, 1.54) is 55.1 Å². The molecular formula is C32H36N2O3S. The Morgan fingerprint density at radius 3 is 2.53 bits per heavy atom. The summed E-state index contributed by atoms with van der Waals surface area (Å²) in [5.74, 6) is -0.222. The number of hydrogen-bond donors (Lipinski definition) is 1. The molecule has 0 aromatic heterocycles. The number of hydrogen-bond acceptors (Lipinski definition) is 4. The van der Waals surface area contributed by atoms with Gasteiger partial charge < -0.3 is 5.32 Å². The highest BCUT2D eigenvalue weighted by Gasteiger charge is 2.53. The Kier molecular flexibility index (Phi) is 6.87. The number of amides is 1. The van der Waals surface area contributed by atoms with Crippen LogP contribution in [0, 0.1) is 0 Å². The van der Waals surface area contributed by atoms with Crippen molar-refractivity contribution in [3.8, 4) is 0 Å². The molecule has 1 saturated carbocycles. The van der Waals surface area contributed by atoms with E-state index in [2.05, 4.69) is 28.4 Å². The highest BCUT2D eigenvalue weighted by molar-refractivity contribution is 7.93. The van der Waals surface area contributed by atoms with Crippen LogP contribution in [0.5, 0.6) is 0 Å². The molecule has 3 aliphatic rings. The first kappa shape index (κ1) is 25.3. The van der Waals surface area contributed by atoms with Crippen molar-refractivity contribution in [2.75, 3.05) is 13.1 Å². The van der Waals surface area contributed by atoms with Crippen LogP contribution in [-0.2, 0) is 27.6 Å². The third kappa shape index (κ3) is 5.04. The van der Waals surface area contributed by atoms with Crippen LogP contribution in [0.3, 0.4) is 0 Å². The Hall–Kier alpha value is -2.96. The molecule has 6 heteroatoms. The largest absolute Gasteiger partial charge is 0.346 e. The van der Waals surface area contributed by atoms with Crippen molar-refractivity contribution in [3.63, 3.8) is 0 Å². The van der Waals surface area contributed by atoms with E-state index >= 15 is 0 Å². The maximum atomic E-state index is 13.5. The topological polar surface area (TPSA) is 66.5 Å². The van der Waals surface area contributed by atoms with Crippen LogP contribution < -0.4 is 5.32 Å². The summed E-state index contributed by atoms with van der Waals surface area (Å²) >= 11 is 0. The summed E-state index contributed by atoms with van der Waals surface area (Å²) in [5, 5.41) is 5.08. The maximum absolute atomic E-state index is 13.5. The van der Waals surface area contributed by atoms with Gasteiger partial charge in [0, 0.05) is 12.6 Å². The van der Waals surface area contributed by atoms with Gasteiger partial charge >= 0.3 is 0 Å². The van der Waals surface area contributed by atoms with Crippen molar-refractivity contribution in [2.24, 2.45) is 0 Å². The molecule has 3 aromatic carbocycles. The van der Waals surface area contributed by atoms with Crippen LogP contribution in [0.4, 0.5) is 0 Å². The number of rotatable bonds is 7. The molecule has 1 N–H and O–H groups in total. The average Bonchev–Trinajstić information content (AvgIpc) is 3.74. The van der Waals surface area contributed by atoms with Crippen molar-refractivity contribution in [3.05, 3.63) is 89.5 Å². The highest BCUT2D eigenvalue weighted by atomic mass is 32.2. The van der Waals surface area contributed by atoms with Crippen molar-refractivity contribution < 1.29 is 13.2 Å². The van der Waals surface area contributed by atoms with E-state index in [-0.39, 0.29) is 11.9 Å². The fraction of sp³-hybridized carbons (Fsp3) is 0.406. The number of fused-ring (bicyclic) bond motifs is 2. The molecule has 0 spiro atoms. The summed E-state index contributed by atoms with van der Waals surface area (Å²) in [6, 6.07) is 19.7. The van der Waals surface area contributed by atoms with Crippen LogP contribution in [0.2, 0.25) is 0 Å². The molecule has 6 rings (SSSR count). The monoisotopic (exact) mass is 528 g/mol. The van der Waals surface area contributed by atoms with Gasteiger partial charge in [-0.25, -0.2) is 8.42 Å². The number of likely N-dealkylation sites (tertiary alicyclic amines) is 1. The number of carbonyl (C=O) groups excluding carboxylic acids is 1. The molecule has 1 saturated heterocycles. The molecule has 5 nitrogen and oxygen atoms in total. The highest BCUT2D eigenvalue weighted by Crippen LogP contribution is 2.48. The third-order valence-corrected chi connectivity index (χ3v) is 11.0. The number of aryl methyl sites for hydroxylation is 1. The minimum Gasteiger partial charge on any atom is -0.346 e. The molecule has 198 valence electrons. The Bertz CT molecular complexity index is 1480. The molecule has 1 atom stereocenters. The van der Waals surface area contributed by atoms with Gasteiger partial charge in [-0.1, -0.05) is 61.0 Å². The number of nitrogens with zero attached hydrogens (tertiary/aromatic N) is 1. The summed E-state index contributed by atoms with van der Waals surface area (Å²) in [7, 11) is -3.58. The lowest BCUT2D eigenvalue weighted by molar-refractivity contribution is -0.117. The Labute approximate surface area is 225 Å². The van der Waals surface area contributed by atoms with E-state index in [9.17, 15) is 13.2 Å². The van der Waals surface area contributed by atoms with Crippen LogP contribution in [-0.4, -0.2) is 37.1 Å².